The van der Waals surface area contributed by atoms with Crippen LogP contribution in [0.25, 0.3) is 0 Å². The predicted octanol–water partition coefficient (Wildman–Crippen LogP) is 5.64. The number of carboxylic acid groups (broad SMARTS) is 1. The van der Waals surface area contributed by atoms with Crippen LogP contribution >= 0.6 is 11.6 Å². The number of hydrogen-bond donors (Lipinski definition) is 3. The molecule has 1 fully saturated rings. The lowest BCUT2D eigenvalue weighted by atomic mass is 10.1. The van der Waals surface area contributed by atoms with Crippen LogP contribution < -0.4 is 5.32 Å². The second kappa shape index (κ2) is 14.0. The number of carboxylic acids is 1. The van der Waals surface area contributed by atoms with Crippen LogP contribution in [0, 0.1) is 0 Å². The Balaban J connectivity index is 0.000000532. The number of phenols is 1. The fraction of sp³-hybridized carbons (Fsp3) is 0.286. The van der Waals surface area contributed by atoms with E-state index in [4.69, 9.17) is 21.5 Å². The number of hydrogen-bond acceptors (Lipinski definition) is 5. The summed E-state index contributed by atoms with van der Waals surface area (Å²) < 4.78 is 31.7. The molecule has 0 spiro atoms. The molecule has 1 saturated heterocycles. The molecule has 208 valence electrons. The second-order valence-electron chi connectivity index (χ2n) is 9.04. The molecular formula is C28H29ClF3N3O4. The highest BCUT2D eigenvalue weighted by Gasteiger charge is 2.38. The van der Waals surface area contributed by atoms with Crippen LogP contribution in [0.15, 0.2) is 72.8 Å². The summed E-state index contributed by atoms with van der Waals surface area (Å²) in [4.78, 5) is 26.3. The SMILES string of the molecule is O=C(Nc1cccc(CN2CCCN(Cc3ccc(O)cc3)CC2)c1)c1cccc(Cl)c1.O=C(O)C(F)(F)F. The van der Waals surface area contributed by atoms with Crippen LogP contribution in [0.2, 0.25) is 5.02 Å². The van der Waals surface area contributed by atoms with E-state index in [0.29, 0.717) is 16.3 Å². The number of benzene rings is 3. The Morgan fingerprint density at radius 1 is 0.846 bits per heavy atom. The van der Waals surface area contributed by atoms with Gasteiger partial charge in [0, 0.05) is 42.5 Å². The molecule has 3 N–H and O–H groups in total. The summed E-state index contributed by atoms with van der Waals surface area (Å²) in [6, 6.07) is 22.5. The zero-order valence-corrected chi connectivity index (χ0v) is 21.8. The fourth-order valence-corrected chi connectivity index (χ4v) is 4.23. The summed E-state index contributed by atoms with van der Waals surface area (Å²) in [5.74, 6) is -2.61. The van der Waals surface area contributed by atoms with Gasteiger partial charge < -0.3 is 15.5 Å². The number of alkyl halides is 3. The van der Waals surface area contributed by atoms with Crippen LogP contribution in [-0.4, -0.2) is 64.2 Å². The van der Waals surface area contributed by atoms with E-state index >= 15 is 0 Å². The van der Waals surface area contributed by atoms with Crippen LogP contribution in [-0.2, 0) is 17.9 Å². The first-order valence-electron chi connectivity index (χ1n) is 12.2. The minimum atomic E-state index is -5.08. The molecule has 0 unspecified atom stereocenters. The van der Waals surface area contributed by atoms with E-state index in [2.05, 4.69) is 21.2 Å². The summed E-state index contributed by atoms with van der Waals surface area (Å²) in [6.45, 7) is 5.87. The fourth-order valence-electron chi connectivity index (χ4n) is 4.04. The average molecular weight is 564 g/mol. The van der Waals surface area contributed by atoms with Crippen LogP contribution in [0.1, 0.15) is 27.9 Å². The van der Waals surface area contributed by atoms with Crippen LogP contribution in [0.3, 0.4) is 0 Å². The Labute approximate surface area is 229 Å². The minimum Gasteiger partial charge on any atom is -0.508 e. The molecule has 0 saturated carbocycles. The first-order valence-corrected chi connectivity index (χ1v) is 12.6. The van der Waals surface area contributed by atoms with E-state index in [1.807, 2.05) is 30.3 Å². The first-order chi connectivity index (χ1) is 18.5. The molecule has 0 bridgehead atoms. The normalized spacial score (nSPS) is 14.6. The highest BCUT2D eigenvalue weighted by molar-refractivity contribution is 6.31. The Bertz CT molecular complexity index is 1260. The van der Waals surface area contributed by atoms with E-state index in [1.165, 1.54) is 11.1 Å². The van der Waals surface area contributed by atoms with Gasteiger partial charge in [-0.1, -0.05) is 41.9 Å². The van der Waals surface area contributed by atoms with Gasteiger partial charge in [0.2, 0.25) is 0 Å². The molecule has 1 heterocycles. The van der Waals surface area contributed by atoms with Crippen molar-refractivity contribution < 1.29 is 33.0 Å². The third-order valence-corrected chi connectivity index (χ3v) is 6.18. The van der Waals surface area contributed by atoms with Crippen LogP contribution in [0.5, 0.6) is 5.75 Å². The largest absolute Gasteiger partial charge is 0.508 e. The lowest BCUT2D eigenvalue weighted by Gasteiger charge is -2.22. The Hall–Kier alpha value is -3.60. The molecule has 1 aliphatic rings. The number of nitrogens with zero attached hydrogens (tertiary/aromatic N) is 2. The third-order valence-electron chi connectivity index (χ3n) is 5.94. The lowest BCUT2D eigenvalue weighted by Crippen LogP contribution is -2.30. The molecule has 0 radical (unpaired) electrons. The van der Waals surface area contributed by atoms with Crippen molar-refractivity contribution in [2.24, 2.45) is 0 Å². The molecule has 3 aromatic rings. The monoisotopic (exact) mass is 563 g/mol. The molecule has 0 aliphatic carbocycles. The highest BCUT2D eigenvalue weighted by Crippen LogP contribution is 2.18. The number of carbonyl (C=O) groups is 2. The molecular weight excluding hydrogens is 535 g/mol. The van der Waals surface area contributed by atoms with E-state index in [9.17, 15) is 23.1 Å². The summed E-state index contributed by atoms with van der Waals surface area (Å²) >= 11 is 6.00. The molecule has 3 aromatic carbocycles. The average Bonchev–Trinajstić information content (AvgIpc) is 3.10. The number of phenolic OH excluding ortho intramolecular Hbond substituents is 1. The van der Waals surface area contributed by atoms with E-state index in [0.717, 1.165) is 51.4 Å². The van der Waals surface area contributed by atoms with Crippen molar-refractivity contribution in [1.29, 1.82) is 0 Å². The molecule has 0 atom stereocenters. The lowest BCUT2D eigenvalue weighted by molar-refractivity contribution is -0.192. The topological polar surface area (TPSA) is 93.1 Å². The smallest absolute Gasteiger partial charge is 0.490 e. The Kier molecular flexibility index (Phi) is 10.7. The number of anilines is 1. The number of aromatic hydroxyl groups is 1. The van der Waals surface area contributed by atoms with Gasteiger partial charge in [0.05, 0.1) is 0 Å². The predicted molar refractivity (Wildman–Crippen MR) is 143 cm³/mol. The van der Waals surface area contributed by atoms with Gasteiger partial charge in [-0.3, -0.25) is 14.6 Å². The standard InChI is InChI=1S/C26H28ClN3O2.C2HF3O2/c27-23-6-2-5-22(17-23)26(32)28-24-7-1-4-21(16-24)19-30-13-3-12-29(14-15-30)18-20-8-10-25(31)11-9-20;3-2(4,5)1(6)7/h1-2,4-11,16-17,31H,3,12-15,18-19H2,(H,28,32);(H,6,7). The number of carbonyl (C=O) groups excluding carboxylic acids is 1. The molecule has 11 heteroatoms. The zero-order valence-electron chi connectivity index (χ0n) is 21.0. The van der Waals surface area contributed by atoms with Gasteiger partial charge in [0.1, 0.15) is 5.75 Å². The van der Waals surface area contributed by atoms with Gasteiger partial charge in [-0.15, -0.1) is 0 Å². The summed E-state index contributed by atoms with van der Waals surface area (Å²) in [5, 5.41) is 20.1. The maximum atomic E-state index is 12.5. The van der Waals surface area contributed by atoms with Gasteiger partial charge in [-0.25, -0.2) is 4.79 Å². The summed E-state index contributed by atoms with van der Waals surface area (Å²) in [7, 11) is 0. The highest BCUT2D eigenvalue weighted by atomic mass is 35.5. The van der Waals surface area contributed by atoms with Crippen molar-refractivity contribution in [3.63, 3.8) is 0 Å². The number of aliphatic carboxylic acids is 1. The molecule has 0 aromatic heterocycles. The molecule has 7 nitrogen and oxygen atoms in total. The van der Waals surface area contributed by atoms with Crippen molar-refractivity contribution in [3.8, 4) is 5.75 Å². The van der Waals surface area contributed by atoms with Crippen molar-refractivity contribution >= 4 is 29.2 Å². The molecule has 1 aliphatic heterocycles. The molecule has 4 rings (SSSR count). The minimum absolute atomic E-state index is 0.163. The maximum Gasteiger partial charge on any atom is 0.490 e. The van der Waals surface area contributed by atoms with Crippen molar-refractivity contribution in [1.82, 2.24) is 9.80 Å². The summed E-state index contributed by atoms with van der Waals surface area (Å²) in [6.07, 6.45) is -3.97. The van der Waals surface area contributed by atoms with E-state index in [-0.39, 0.29) is 5.91 Å². The Morgan fingerprint density at radius 3 is 2.03 bits per heavy atom. The number of nitrogens with one attached hydrogen (secondary N) is 1. The second-order valence-corrected chi connectivity index (χ2v) is 9.48. The van der Waals surface area contributed by atoms with Gasteiger partial charge in [-0.05, 0) is 73.1 Å². The number of amides is 1. The Morgan fingerprint density at radius 2 is 1.44 bits per heavy atom. The van der Waals surface area contributed by atoms with Crippen molar-refractivity contribution in [2.45, 2.75) is 25.7 Å². The number of rotatable bonds is 6. The number of halogens is 4. The quantitative estimate of drug-likeness (QED) is 0.359. The third kappa shape index (κ3) is 10.2. The van der Waals surface area contributed by atoms with Gasteiger partial charge in [0.25, 0.3) is 5.91 Å². The van der Waals surface area contributed by atoms with Gasteiger partial charge >= 0.3 is 12.1 Å². The zero-order chi connectivity index (χ0) is 28.4. The molecule has 39 heavy (non-hydrogen) atoms. The first kappa shape index (κ1) is 29.9. The van der Waals surface area contributed by atoms with E-state index in [1.54, 1.807) is 36.4 Å². The van der Waals surface area contributed by atoms with E-state index < -0.39 is 12.1 Å². The van der Waals surface area contributed by atoms with Crippen molar-refractivity contribution in [3.05, 3.63) is 94.5 Å². The maximum absolute atomic E-state index is 12.5. The van der Waals surface area contributed by atoms with Gasteiger partial charge in [-0.2, -0.15) is 13.2 Å². The van der Waals surface area contributed by atoms with Crippen molar-refractivity contribution in [2.75, 3.05) is 31.5 Å². The van der Waals surface area contributed by atoms with Crippen LogP contribution in [0.4, 0.5) is 18.9 Å². The molecule has 1 amide bonds. The van der Waals surface area contributed by atoms with Gasteiger partial charge in [0.15, 0.2) is 0 Å². The summed E-state index contributed by atoms with van der Waals surface area (Å²) in [5.41, 5.74) is 3.74.